The van der Waals surface area contributed by atoms with Crippen LogP contribution < -0.4 is 5.32 Å². The molecule has 1 amide bonds. The maximum atomic E-state index is 12.5. The molecule has 0 spiro atoms. The maximum Gasteiger partial charge on any atom is 0.251 e. The fourth-order valence-corrected chi connectivity index (χ4v) is 4.36. The zero-order chi connectivity index (χ0) is 15.9. The van der Waals surface area contributed by atoms with Crippen LogP contribution in [0.15, 0.2) is 24.3 Å². The summed E-state index contributed by atoms with van der Waals surface area (Å²) in [5.41, 5.74) is 1.25. The van der Waals surface area contributed by atoms with Gasteiger partial charge in [-0.15, -0.1) is 0 Å². The number of hydrogen-bond acceptors (Lipinski definition) is 3. The molecule has 1 aromatic rings. The summed E-state index contributed by atoms with van der Waals surface area (Å²) in [7, 11) is 0. The van der Waals surface area contributed by atoms with Crippen molar-refractivity contribution in [3.8, 4) is 0 Å². The first kappa shape index (κ1) is 15.2. The van der Waals surface area contributed by atoms with Crippen LogP contribution in [0.3, 0.4) is 0 Å². The molecule has 5 rings (SSSR count). The van der Waals surface area contributed by atoms with Crippen LogP contribution in [-0.2, 0) is 0 Å². The van der Waals surface area contributed by atoms with Crippen molar-refractivity contribution in [2.24, 2.45) is 5.92 Å². The fraction of sp³-hybridized carbons (Fsp3) is 0.632. The first-order chi connectivity index (χ1) is 11.1. The van der Waals surface area contributed by atoms with Crippen molar-refractivity contribution in [2.75, 3.05) is 26.2 Å². The van der Waals surface area contributed by atoms with E-state index in [1.165, 1.54) is 24.8 Å². The zero-order valence-electron chi connectivity index (χ0n) is 13.6. The SMILES string of the molecule is O=C(NC[C@]1(O)CN2CCC1CC2)c1cccc(C2CCC2)c1. The third-order valence-corrected chi connectivity index (χ3v) is 6.13. The summed E-state index contributed by atoms with van der Waals surface area (Å²) < 4.78 is 0. The van der Waals surface area contributed by atoms with Crippen LogP contribution in [-0.4, -0.2) is 47.7 Å². The lowest BCUT2D eigenvalue weighted by molar-refractivity contribution is -0.108. The Balaban J connectivity index is 1.40. The largest absolute Gasteiger partial charge is 0.386 e. The quantitative estimate of drug-likeness (QED) is 0.895. The number of carbonyl (C=O) groups excluding carboxylic acids is 1. The van der Waals surface area contributed by atoms with Crippen molar-refractivity contribution in [2.45, 2.75) is 43.6 Å². The van der Waals surface area contributed by atoms with E-state index in [1.807, 2.05) is 18.2 Å². The Bertz CT molecular complexity index is 591. The predicted octanol–water partition coefficient (Wildman–Crippen LogP) is 2.14. The number of fused-ring (bicyclic) bond motifs is 3. The highest BCUT2D eigenvalue weighted by Crippen LogP contribution is 2.37. The van der Waals surface area contributed by atoms with E-state index in [0.29, 0.717) is 24.9 Å². The van der Waals surface area contributed by atoms with E-state index in [9.17, 15) is 9.90 Å². The summed E-state index contributed by atoms with van der Waals surface area (Å²) in [5, 5.41) is 13.9. The van der Waals surface area contributed by atoms with Gasteiger partial charge >= 0.3 is 0 Å². The molecule has 0 unspecified atom stereocenters. The summed E-state index contributed by atoms with van der Waals surface area (Å²) >= 11 is 0. The average molecular weight is 314 g/mol. The molecule has 4 nitrogen and oxygen atoms in total. The van der Waals surface area contributed by atoms with Crippen LogP contribution in [0.1, 0.15) is 53.9 Å². The van der Waals surface area contributed by atoms with E-state index in [1.54, 1.807) is 0 Å². The molecule has 1 saturated carbocycles. The lowest BCUT2D eigenvalue weighted by Gasteiger charge is -2.50. The molecule has 0 radical (unpaired) electrons. The summed E-state index contributed by atoms with van der Waals surface area (Å²) in [6.07, 6.45) is 5.86. The van der Waals surface area contributed by atoms with Crippen molar-refractivity contribution in [3.63, 3.8) is 0 Å². The van der Waals surface area contributed by atoms with Gasteiger partial charge in [0.05, 0.1) is 5.60 Å². The molecule has 124 valence electrons. The van der Waals surface area contributed by atoms with Crippen LogP contribution in [0, 0.1) is 5.92 Å². The topological polar surface area (TPSA) is 52.6 Å². The van der Waals surface area contributed by atoms with Crippen molar-refractivity contribution in [1.82, 2.24) is 10.2 Å². The first-order valence-corrected chi connectivity index (χ1v) is 8.97. The third kappa shape index (κ3) is 2.90. The number of amides is 1. The van der Waals surface area contributed by atoms with E-state index >= 15 is 0 Å². The number of nitrogens with one attached hydrogen (secondary N) is 1. The monoisotopic (exact) mass is 314 g/mol. The van der Waals surface area contributed by atoms with Crippen LogP contribution in [0.4, 0.5) is 0 Å². The highest BCUT2D eigenvalue weighted by molar-refractivity contribution is 5.94. The summed E-state index contributed by atoms with van der Waals surface area (Å²) in [6.45, 7) is 3.23. The Morgan fingerprint density at radius 2 is 2.04 bits per heavy atom. The van der Waals surface area contributed by atoms with Gasteiger partial charge < -0.3 is 15.3 Å². The molecule has 4 fully saturated rings. The molecule has 0 aromatic heterocycles. The second kappa shape index (κ2) is 5.91. The molecule has 3 saturated heterocycles. The highest BCUT2D eigenvalue weighted by atomic mass is 16.3. The molecule has 4 heteroatoms. The number of benzene rings is 1. The summed E-state index contributed by atoms with van der Waals surface area (Å²) in [5.74, 6) is 0.902. The molecule has 2 N–H and O–H groups in total. The molecule has 23 heavy (non-hydrogen) atoms. The van der Waals surface area contributed by atoms with Crippen molar-refractivity contribution in [3.05, 3.63) is 35.4 Å². The molecule has 1 aliphatic carbocycles. The second-order valence-corrected chi connectivity index (χ2v) is 7.59. The zero-order valence-corrected chi connectivity index (χ0v) is 13.6. The Morgan fingerprint density at radius 1 is 1.26 bits per heavy atom. The van der Waals surface area contributed by atoms with Crippen molar-refractivity contribution in [1.29, 1.82) is 0 Å². The first-order valence-electron chi connectivity index (χ1n) is 8.97. The Kier molecular flexibility index (Phi) is 3.90. The highest BCUT2D eigenvalue weighted by Gasteiger charge is 2.45. The van der Waals surface area contributed by atoms with Crippen LogP contribution in [0.25, 0.3) is 0 Å². The molecule has 3 heterocycles. The Morgan fingerprint density at radius 3 is 2.65 bits per heavy atom. The Hall–Kier alpha value is -1.39. The van der Waals surface area contributed by atoms with E-state index in [4.69, 9.17) is 0 Å². The molecular formula is C19H26N2O2. The van der Waals surface area contributed by atoms with Gasteiger partial charge in [-0.2, -0.15) is 0 Å². The van der Waals surface area contributed by atoms with Gasteiger partial charge in [0.2, 0.25) is 0 Å². The molecule has 1 atom stereocenters. The number of aliphatic hydroxyl groups is 1. The summed E-state index contributed by atoms with van der Waals surface area (Å²) in [4.78, 5) is 14.8. The van der Waals surface area contributed by atoms with Crippen LogP contribution in [0.5, 0.6) is 0 Å². The summed E-state index contributed by atoms with van der Waals surface area (Å²) in [6, 6.07) is 8.00. The van der Waals surface area contributed by atoms with Crippen LogP contribution in [0.2, 0.25) is 0 Å². The number of hydrogen-bond donors (Lipinski definition) is 2. The van der Waals surface area contributed by atoms with Crippen LogP contribution >= 0.6 is 0 Å². The van der Waals surface area contributed by atoms with Gasteiger partial charge in [-0.3, -0.25) is 4.79 Å². The second-order valence-electron chi connectivity index (χ2n) is 7.59. The van der Waals surface area contributed by atoms with Gasteiger partial charge in [-0.05, 0) is 68.3 Å². The van der Waals surface area contributed by atoms with Gasteiger partial charge in [0.15, 0.2) is 0 Å². The van der Waals surface area contributed by atoms with Gasteiger partial charge in [0, 0.05) is 18.7 Å². The molecule has 1 aromatic carbocycles. The van der Waals surface area contributed by atoms with E-state index in [-0.39, 0.29) is 5.91 Å². The normalized spacial score (nSPS) is 33.3. The number of rotatable bonds is 4. The van der Waals surface area contributed by atoms with E-state index in [0.717, 1.165) is 31.5 Å². The Labute approximate surface area is 137 Å². The third-order valence-electron chi connectivity index (χ3n) is 6.13. The molecule has 2 bridgehead atoms. The van der Waals surface area contributed by atoms with E-state index in [2.05, 4.69) is 16.3 Å². The van der Waals surface area contributed by atoms with Gasteiger partial charge in [0.1, 0.15) is 0 Å². The van der Waals surface area contributed by atoms with Crippen molar-refractivity contribution >= 4 is 5.91 Å². The lowest BCUT2D eigenvalue weighted by atomic mass is 9.75. The van der Waals surface area contributed by atoms with Gasteiger partial charge in [0.25, 0.3) is 5.91 Å². The standard InChI is InChI=1S/C19H26N2O2/c22-18(16-6-2-5-15(11-16)14-3-1-4-14)20-12-19(23)13-21-9-7-17(19)8-10-21/h2,5-6,11,14,17,23H,1,3-4,7-10,12-13H2,(H,20,22)/t19-/m0/s1. The van der Waals surface area contributed by atoms with Crippen molar-refractivity contribution < 1.29 is 9.90 Å². The minimum absolute atomic E-state index is 0.0592. The molecule has 4 aliphatic rings. The number of carbonyl (C=O) groups is 1. The number of piperidine rings is 3. The number of nitrogens with zero attached hydrogens (tertiary/aromatic N) is 1. The maximum absolute atomic E-state index is 12.5. The average Bonchev–Trinajstić information content (AvgIpc) is 2.52. The smallest absolute Gasteiger partial charge is 0.251 e. The van der Waals surface area contributed by atoms with E-state index < -0.39 is 5.60 Å². The van der Waals surface area contributed by atoms with Gasteiger partial charge in [-0.1, -0.05) is 18.6 Å². The minimum atomic E-state index is -0.752. The minimum Gasteiger partial charge on any atom is -0.386 e. The lowest BCUT2D eigenvalue weighted by Crippen LogP contribution is -2.63. The van der Waals surface area contributed by atoms with Gasteiger partial charge in [-0.25, -0.2) is 0 Å². The fourth-order valence-electron chi connectivity index (χ4n) is 4.36. The molecular weight excluding hydrogens is 288 g/mol. The molecule has 3 aliphatic heterocycles. The predicted molar refractivity (Wildman–Crippen MR) is 89.5 cm³/mol.